The first-order valence-electron chi connectivity index (χ1n) is 12.6. The number of alkyl halides is 6. The van der Waals surface area contributed by atoms with E-state index < -0.39 is 40.4 Å². The number of hydrogen-bond acceptors (Lipinski definition) is 4. The number of halogens is 6. The maximum Gasteiger partial charge on any atom is 0.380 e. The number of benzene rings is 2. The predicted octanol–water partition coefficient (Wildman–Crippen LogP) is 9.49. The minimum absolute atomic E-state index is 0.0134. The summed E-state index contributed by atoms with van der Waals surface area (Å²) < 4.78 is 98.5. The van der Waals surface area contributed by atoms with E-state index in [0.717, 1.165) is 28.2 Å². The Balaban J connectivity index is 1.72. The Hall–Kier alpha value is -3.31. The number of thiophene rings is 2. The predicted molar refractivity (Wildman–Crippen MR) is 150 cm³/mol. The Labute approximate surface area is 239 Å². The summed E-state index contributed by atoms with van der Waals surface area (Å²) in [6.45, 7) is 2.92. The number of aliphatic carboxylic acids is 1. The molecule has 0 saturated carbocycles. The molecule has 3 nitrogen and oxygen atoms in total. The average molecular weight is 611 g/mol. The highest BCUT2D eigenvalue weighted by Gasteiger charge is 2.80. The van der Waals surface area contributed by atoms with E-state index in [1.54, 1.807) is 36.4 Å². The van der Waals surface area contributed by atoms with E-state index in [2.05, 4.69) is 0 Å². The summed E-state index contributed by atoms with van der Waals surface area (Å²) in [5, 5.41) is 8.81. The van der Waals surface area contributed by atoms with Crippen LogP contribution in [0.2, 0.25) is 0 Å². The van der Waals surface area contributed by atoms with Gasteiger partial charge in [-0.05, 0) is 49.4 Å². The van der Waals surface area contributed by atoms with Gasteiger partial charge in [-0.25, -0.2) is 0 Å². The zero-order valence-corrected chi connectivity index (χ0v) is 23.7. The van der Waals surface area contributed by atoms with Crippen molar-refractivity contribution in [3.05, 3.63) is 75.7 Å². The molecule has 0 fully saturated rings. The molecule has 0 radical (unpaired) electrons. The molecule has 0 saturated heterocycles. The molecule has 2 aromatic carbocycles. The third-order valence-corrected chi connectivity index (χ3v) is 9.70. The molecule has 1 aliphatic carbocycles. The number of hydrogen-bond donors (Lipinski definition) is 1. The molecule has 1 N–H and O–H groups in total. The average Bonchev–Trinajstić information content (AvgIpc) is 3.45. The summed E-state index contributed by atoms with van der Waals surface area (Å²) in [6.07, 6.45) is 0.966. The first kappa shape index (κ1) is 29.2. The van der Waals surface area contributed by atoms with Gasteiger partial charge in [0.05, 0.1) is 12.7 Å². The molecule has 0 amide bonds. The molecule has 2 aromatic heterocycles. The van der Waals surface area contributed by atoms with Crippen LogP contribution in [0.15, 0.2) is 48.5 Å². The smallest absolute Gasteiger partial charge is 0.380 e. The first-order valence-corrected chi connectivity index (χ1v) is 14.2. The lowest BCUT2D eigenvalue weighted by molar-refractivity contribution is -0.254. The molecule has 4 aromatic rings. The molecule has 0 spiro atoms. The molecule has 0 bridgehead atoms. The Morgan fingerprint density at radius 3 is 2.10 bits per heavy atom. The summed E-state index contributed by atoms with van der Waals surface area (Å²) in [4.78, 5) is 11.5. The molecule has 0 atom stereocenters. The summed E-state index contributed by atoms with van der Waals surface area (Å²) >= 11 is 1.98. The van der Waals surface area contributed by atoms with Crippen molar-refractivity contribution in [3.8, 4) is 15.5 Å². The maximum absolute atomic E-state index is 15.7. The number of carbonyl (C=O) groups is 1. The minimum Gasteiger partial charge on any atom is -0.487 e. The van der Waals surface area contributed by atoms with Crippen LogP contribution in [0, 0.1) is 13.8 Å². The van der Waals surface area contributed by atoms with Gasteiger partial charge in [0, 0.05) is 43.0 Å². The van der Waals surface area contributed by atoms with Crippen LogP contribution >= 0.6 is 22.7 Å². The largest absolute Gasteiger partial charge is 0.487 e. The van der Waals surface area contributed by atoms with Gasteiger partial charge in [0.15, 0.2) is 5.06 Å². The fraction of sp³-hybridized carbons (Fsp3) is 0.300. The third-order valence-electron chi connectivity index (χ3n) is 7.31. The van der Waals surface area contributed by atoms with E-state index in [1.807, 2.05) is 0 Å². The minimum atomic E-state index is -5.68. The highest BCUT2D eigenvalue weighted by Crippen LogP contribution is 2.67. The van der Waals surface area contributed by atoms with Crippen molar-refractivity contribution in [1.82, 2.24) is 0 Å². The lowest BCUT2D eigenvalue weighted by Gasteiger charge is -2.26. The zero-order chi connectivity index (χ0) is 29.9. The second-order valence-corrected chi connectivity index (χ2v) is 12.1. The van der Waals surface area contributed by atoms with Crippen LogP contribution in [-0.4, -0.2) is 36.0 Å². The number of fused-ring (bicyclic) bond motifs is 1. The van der Waals surface area contributed by atoms with E-state index in [1.165, 1.54) is 33.1 Å². The van der Waals surface area contributed by atoms with Gasteiger partial charge in [-0.1, -0.05) is 53.8 Å². The van der Waals surface area contributed by atoms with Gasteiger partial charge < -0.3 is 9.84 Å². The third kappa shape index (κ3) is 4.44. The molecular weight excluding hydrogens is 586 g/mol. The molecule has 2 heterocycles. The number of carboxylic acid groups (broad SMARTS) is 1. The molecule has 41 heavy (non-hydrogen) atoms. The molecular formula is C30H24F6O3S2. The van der Waals surface area contributed by atoms with Crippen molar-refractivity contribution in [2.45, 2.75) is 50.9 Å². The fourth-order valence-electron chi connectivity index (χ4n) is 5.36. The molecule has 5 rings (SSSR count). The lowest BCUT2D eigenvalue weighted by Crippen LogP contribution is -2.49. The molecule has 11 heteroatoms. The van der Waals surface area contributed by atoms with Crippen molar-refractivity contribution in [1.29, 1.82) is 0 Å². The highest BCUT2D eigenvalue weighted by atomic mass is 32.1. The molecule has 216 valence electrons. The summed E-state index contributed by atoms with van der Waals surface area (Å²) in [5.41, 5.74) is -1.95. The maximum atomic E-state index is 15.7. The number of carboxylic acids is 1. The number of allylic oxidation sites excluding steroid dienone is 2. The van der Waals surface area contributed by atoms with Crippen molar-refractivity contribution in [3.63, 3.8) is 0 Å². The SMILES string of the molecule is COc1sc2ccccc2c1C1=C(c2c(C)sc(-c3ccc(CCCC(=O)O)cc3)c2C)C(F)(F)C(F)(F)C1(F)F. The van der Waals surface area contributed by atoms with Gasteiger partial charge in [-0.15, -0.1) is 11.3 Å². The van der Waals surface area contributed by atoms with Crippen LogP contribution in [0.4, 0.5) is 26.3 Å². The van der Waals surface area contributed by atoms with E-state index in [-0.39, 0.29) is 32.9 Å². The van der Waals surface area contributed by atoms with Crippen LogP contribution in [0.25, 0.3) is 31.7 Å². The summed E-state index contributed by atoms with van der Waals surface area (Å²) in [7, 11) is 1.18. The summed E-state index contributed by atoms with van der Waals surface area (Å²) in [6, 6.07) is 13.1. The van der Waals surface area contributed by atoms with Crippen molar-refractivity contribution in [2.24, 2.45) is 0 Å². The van der Waals surface area contributed by atoms with Gasteiger partial charge in [0.1, 0.15) is 0 Å². The summed E-state index contributed by atoms with van der Waals surface area (Å²) in [5.74, 6) is -17.0. The Morgan fingerprint density at radius 1 is 0.878 bits per heavy atom. The van der Waals surface area contributed by atoms with Crippen LogP contribution in [0.1, 0.15) is 40.0 Å². The second kappa shape index (κ2) is 10.2. The second-order valence-electron chi connectivity index (χ2n) is 9.87. The highest BCUT2D eigenvalue weighted by molar-refractivity contribution is 7.21. The van der Waals surface area contributed by atoms with Crippen molar-refractivity contribution < 1.29 is 41.0 Å². The first-order chi connectivity index (χ1) is 19.2. The Bertz CT molecular complexity index is 1680. The molecule has 0 aliphatic heterocycles. The van der Waals surface area contributed by atoms with Crippen molar-refractivity contribution >= 4 is 49.9 Å². The van der Waals surface area contributed by atoms with Crippen LogP contribution < -0.4 is 4.74 Å². The Kier molecular flexibility index (Phi) is 7.26. The standard InChI is InChI=1S/C30H24F6O3S2/c1-15-22(16(2)40-26(15)18-13-11-17(12-14-18)7-6-10-21(37)38)24-25(29(33,34)30(35,36)28(24,31)32)23-19-8-4-5-9-20(19)41-27(23)39-3/h4-5,8-9,11-14H,6-7,10H2,1-3H3,(H,37,38). The van der Waals surface area contributed by atoms with Gasteiger partial charge >= 0.3 is 23.7 Å². The van der Waals surface area contributed by atoms with E-state index in [0.29, 0.717) is 28.0 Å². The zero-order valence-electron chi connectivity index (χ0n) is 22.1. The van der Waals surface area contributed by atoms with Crippen LogP contribution in [0.5, 0.6) is 5.06 Å². The number of rotatable bonds is 8. The van der Waals surface area contributed by atoms with E-state index in [9.17, 15) is 4.79 Å². The number of methoxy groups -OCH3 is 1. The van der Waals surface area contributed by atoms with Gasteiger partial charge in [-0.2, -0.15) is 26.3 Å². The lowest BCUT2D eigenvalue weighted by atomic mass is 9.91. The van der Waals surface area contributed by atoms with E-state index in [4.69, 9.17) is 9.84 Å². The Morgan fingerprint density at radius 2 is 1.49 bits per heavy atom. The topological polar surface area (TPSA) is 46.5 Å². The number of ether oxygens (including phenoxy) is 1. The quantitative estimate of drug-likeness (QED) is 0.202. The van der Waals surface area contributed by atoms with Crippen molar-refractivity contribution in [2.75, 3.05) is 7.11 Å². The van der Waals surface area contributed by atoms with E-state index >= 15 is 26.3 Å². The fourth-order valence-corrected chi connectivity index (χ4v) is 7.55. The van der Waals surface area contributed by atoms with Crippen LogP contribution in [-0.2, 0) is 11.2 Å². The van der Waals surface area contributed by atoms with Gasteiger partial charge in [0.2, 0.25) is 0 Å². The molecule has 1 aliphatic rings. The van der Waals surface area contributed by atoms with Gasteiger partial charge in [-0.3, -0.25) is 4.79 Å². The number of aryl methyl sites for hydroxylation is 2. The monoisotopic (exact) mass is 610 g/mol. The molecule has 0 unspecified atom stereocenters. The van der Waals surface area contributed by atoms with Crippen LogP contribution in [0.3, 0.4) is 0 Å². The normalized spacial score (nSPS) is 17.4. The van der Waals surface area contributed by atoms with Gasteiger partial charge in [0.25, 0.3) is 0 Å².